The average Bonchev–Trinajstić information content (AvgIpc) is 2.48. The predicted molar refractivity (Wildman–Crippen MR) is 71.2 cm³/mol. The van der Waals surface area contributed by atoms with Crippen molar-refractivity contribution in [2.75, 3.05) is 6.61 Å². The van der Waals surface area contributed by atoms with Gasteiger partial charge in [-0.1, -0.05) is 6.07 Å². The van der Waals surface area contributed by atoms with Crippen molar-refractivity contribution in [1.29, 1.82) is 0 Å². The molecule has 5 heteroatoms. The van der Waals surface area contributed by atoms with Gasteiger partial charge in [0.1, 0.15) is 5.69 Å². The molecular formula is C15H15N2O3+. The second-order valence-corrected chi connectivity index (χ2v) is 4.12. The van der Waals surface area contributed by atoms with Crippen molar-refractivity contribution >= 4 is 11.8 Å². The average molecular weight is 271 g/mol. The third-order valence-electron chi connectivity index (χ3n) is 2.66. The Morgan fingerprint density at radius 3 is 2.70 bits per heavy atom. The summed E-state index contributed by atoms with van der Waals surface area (Å²) in [6, 6.07) is 8.56. The van der Waals surface area contributed by atoms with Crippen molar-refractivity contribution in [1.82, 2.24) is 4.98 Å². The first kappa shape index (κ1) is 13.9. The number of aromatic nitrogens is 2. The lowest BCUT2D eigenvalue weighted by molar-refractivity contribution is -0.683. The maximum atomic E-state index is 12.1. The van der Waals surface area contributed by atoms with Crippen LogP contribution in [0.5, 0.6) is 0 Å². The quantitative estimate of drug-likeness (QED) is 0.469. The summed E-state index contributed by atoms with van der Waals surface area (Å²) in [5.74, 6) is -0.608. The van der Waals surface area contributed by atoms with Crippen molar-refractivity contribution in [3.05, 3.63) is 60.2 Å². The summed E-state index contributed by atoms with van der Waals surface area (Å²) in [4.78, 5) is 27.7. The molecule has 0 aliphatic rings. The number of ether oxygens (including phenoxy) is 1. The van der Waals surface area contributed by atoms with E-state index in [1.165, 1.54) is 18.3 Å². The van der Waals surface area contributed by atoms with Crippen molar-refractivity contribution < 1.29 is 18.9 Å². The van der Waals surface area contributed by atoms with E-state index in [9.17, 15) is 9.59 Å². The first-order chi connectivity index (χ1) is 9.70. The normalized spacial score (nSPS) is 10.1. The second-order valence-electron chi connectivity index (χ2n) is 4.12. The lowest BCUT2D eigenvalue weighted by Gasteiger charge is -2.02. The molecule has 0 radical (unpaired) electrons. The highest BCUT2D eigenvalue weighted by Gasteiger charge is 2.15. The lowest BCUT2D eigenvalue weighted by atomic mass is 10.2. The minimum atomic E-state index is -0.448. The lowest BCUT2D eigenvalue weighted by Crippen LogP contribution is -2.37. The molecular weight excluding hydrogens is 256 g/mol. The van der Waals surface area contributed by atoms with Crippen LogP contribution >= 0.6 is 0 Å². The van der Waals surface area contributed by atoms with Crippen LogP contribution in [0.25, 0.3) is 0 Å². The molecule has 2 aromatic heterocycles. The highest BCUT2D eigenvalue weighted by Crippen LogP contribution is 2.05. The van der Waals surface area contributed by atoms with Gasteiger partial charge in [-0.05, 0) is 19.1 Å². The molecule has 0 aromatic carbocycles. The fourth-order valence-corrected chi connectivity index (χ4v) is 1.71. The van der Waals surface area contributed by atoms with Crippen LogP contribution in [0.3, 0.4) is 0 Å². The maximum absolute atomic E-state index is 12.1. The molecule has 0 saturated heterocycles. The molecule has 0 amide bonds. The molecule has 2 aromatic rings. The van der Waals surface area contributed by atoms with Gasteiger partial charge in [-0.25, -0.2) is 4.79 Å². The predicted octanol–water partition coefficient (Wildman–Crippen LogP) is 1.43. The van der Waals surface area contributed by atoms with Crippen molar-refractivity contribution in [3.8, 4) is 0 Å². The van der Waals surface area contributed by atoms with Crippen LogP contribution < -0.4 is 4.57 Å². The molecule has 0 fully saturated rings. The topological polar surface area (TPSA) is 60.1 Å². The van der Waals surface area contributed by atoms with E-state index in [-0.39, 0.29) is 18.0 Å². The molecule has 0 aliphatic carbocycles. The van der Waals surface area contributed by atoms with E-state index in [0.717, 1.165) is 0 Å². The van der Waals surface area contributed by atoms with Gasteiger partial charge in [0.25, 0.3) is 0 Å². The number of carbonyl (C=O) groups is 2. The first-order valence-corrected chi connectivity index (χ1v) is 6.31. The minimum Gasteiger partial charge on any atom is -0.462 e. The van der Waals surface area contributed by atoms with Crippen LogP contribution in [-0.4, -0.2) is 23.3 Å². The van der Waals surface area contributed by atoms with E-state index in [1.807, 2.05) is 18.2 Å². The Balaban J connectivity index is 2.14. The highest BCUT2D eigenvalue weighted by atomic mass is 16.5. The van der Waals surface area contributed by atoms with Gasteiger partial charge in [0.2, 0.25) is 12.3 Å². The molecule has 0 unspecified atom stereocenters. The number of esters is 1. The zero-order valence-corrected chi connectivity index (χ0v) is 11.2. The van der Waals surface area contributed by atoms with E-state index >= 15 is 0 Å². The van der Waals surface area contributed by atoms with Gasteiger partial charge in [-0.2, -0.15) is 4.57 Å². The smallest absolute Gasteiger partial charge is 0.338 e. The Morgan fingerprint density at radius 2 is 2.00 bits per heavy atom. The van der Waals surface area contributed by atoms with Gasteiger partial charge >= 0.3 is 5.97 Å². The molecule has 0 N–H and O–H groups in total. The van der Waals surface area contributed by atoms with Gasteiger partial charge in [0.15, 0.2) is 12.4 Å². The van der Waals surface area contributed by atoms with Gasteiger partial charge in [0, 0.05) is 18.3 Å². The third kappa shape index (κ3) is 3.47. The monoisotopic (exact) mass is 271 g/mol. The summed E-state index contributed by atoms with van der Waals surface area (Å²) in [5, 5.41) is 0. The summed E-state index contributed by atoms with van der Waals surface area (Å²) >= 11 is 0. The van der Waals surface area contributed by atoms with Gasteiger partial charge in [-0.15, -0.1) is 0 Å². The number of rotatable bonds is 5. The Kier molecular flexibility index (Phi) is 4.55. The van der Waals surface area contributed by atoms with Crippen LogP contribution in [0.4, 0.5) is 0 Å². The van der Waals surface area contributed by atoms with E-state index in [4.69, 9.17) is 4.74 Å². The van der Waals surface area contributed by atoms with Crippen LogP contribution in [0.15, 0.2) is 48.9 Å². The molecule has 2 rings (SSSR count). The maximum Gasteiger partial charge on any atom is 0.338 e. The van der Waals surface area contributed by atoms with E-state index in [1.54, 1.807) is 23.9 Å². The molecule has 0 atom stereocenters. The Hall–Kier alpha value is -2.56. The fraction of sp³-hybridized carbons (Fsp3) is 0.200. The molecule has 0 aliphatic heterocycles. The zero-order chi connectivity index (χ0) is 14.4. The largest absolute Gasteiger partial charge is 0.462 e. The zero-order valence-electron chi connectivity index (χ0n) is 11.2. The summed E-state index contributed by atoms with van der Waals surface area (Å²) in [6.45, 7) is 2.21. The molecule has 20 heavy (non-hydrogen) atoms. The number of nitrogens with zero attached hydrogens (tertiary/aromatic N) is 2. The van der Waals surface area contributed by atoms with Crippen LogP contribution in [0.2, 0.25) is 0 Å². The Labute approximate surface area is 116 Å². The summed E-state index contributed by atoms with van der Waals surface area (Å²) in [7, 11) is 0. The van der Waals surface area contributed by atoms with Gasteiger partial charge in [0.05, 0.1) is 12.2 Å². The molecule has 0 saturated carbocycles. The van der Waals surface area contributed by atoms with E-state index < -0.39 is 5.97 Å². The molecule has 0 bridgehead atoms. The third-order valence-corrected chi connectivity index (χ3v) is 2.66. The van der Waals surface area contributed by atoms with Crippen molar-refractivity contribution in [2.45, 2.75) is 13.5 Å². The van der Waals surface area contributed by atoms with Crippen LogP contribution in [-0.2, 0) is 11.3 Å². The van der Waals surface area contributed by atoms with Gasteiger partial charge in [-0.3, -0.25) is 9.78 Å². The van der Waals surface area contributed by atoms with E-state index in [2.05, 4.69) is 4.98 Å². The first-order valence-electron chi connectivity index (χ1n) is 6.31. The number of hydrogen-bond acceptors (Lipinski definition) is 4. The highest BCUT2D eigenvalue weighted by molar-refractivity contribution is 5.96. The Morgan fingerprint density at radius 1 is 1.25 bits per heavy atom. The molecule has 102 valence electrons. The van der Waals surface area contributed by atoms with Crippen LogP contribution in [0.1, 0.15) is 27.8 Å². The second kappa shape index (κ2) is 6.56. The number of carbonyl (C=O) groups excluding carboxylic acids is 2. The van der Waals surface area contributed by atoms with Crippen molar-refractivity contribution in [2.24, 2.45) is 0 Å². The van der Waals surface area contributed by atoms with Crippen molar-refractivity contribution in [3.63, 3.8) is 0 Å². The summed E-state index contributed by atoms with van der Waals surface area (Å²) in [6.07, 6.45) is 5.04. The SMILES string of the molecule is CCOC(=O)c1ccnc(C(=O)C[n+]2ccccc2)c1. The van der Waals surface area contributed by atoms with E-state index in [0.29, 0.717) is 12.2 Å². The number of hydrogen-bond donors (Lipinski definition) is 0. The molecule has 0 spiro atoms. The molecule has 5 nitrogen and oxygen atoms in total. The van der Waals surface area contributed by atoms with Crippen LogP contribution in [0, 0.1) is 0 Å². The molecule has 2 heterocycles. The summed E-state index contributed by atoms with van der Waals surface area (Å²) < 4.78 is 6.65. The van der Waals surface area contributed by atoms with Gasteiger partial charge < -0.3 is 4.74 Å². The number of pyridine rings is 2. The minimum absolute atomic E-state index is 0.160. The Bertz CT molecular complexity index is 612. The fourth-order valence-electron chi connectivity index (χ4n) is 1.71. The number of ketones is 1. The standard InChI is InChI=1S/C15H15N2O3/c1-2-20-15(19)12-6-7-16-13(10-12)14(18)11-17-8-4-3-5-9-17/h3-10H,2,11H2,1H3/q+1. The number of Topliss-reactive ketones (excluding diaryl/α,β-unsaturated/α-hetero) is 1. The summed E-state index contributed by atoms with van der Waals surface area (Å²) in [5.41, 5.74) is 0.593.